The van der Waals surface area contributed by atoms with Crippen molar-refractivity contribution in [1.29, 1.82) is 0 Å². The Kier molecular flexibility index (Phi) is 6.89. The van der Waals surface area contributed by atoms with Gasteiger partial charge in [-0.3, -0.25) is 0 Å². The van der Waals surface area contributed by atoms with Crippen molar-refractivity contribution in [2.45, 2.75) is 82.1 Å². The zero-order valence-corrected chi connectivity index (χ0v) is 34.3. The summed E-state index contributed by atoms with van der Waals surface area (Å²) in [5, 5.41) is 4.12. The highest BCUT2D eigenvalue weighted by atomic mass is 15.3. The monoisotopic (exact) mass is 748 g/mol. The molecule has 1 spiro atoms. The first-order chi connectivity index (χ1) is 28.1. The van der Waals surface area contributed by atoms with Gasteiger partial charge in [0.05, 0.1) is 16.6 Å². The van der Waals surface area contributed by atoms with Gasteiger partial charge in [-0.25, -0.2) is 0 Å². The number of benzene rings is 7. The Bertz CT molecular complexity index is 2840. The van der Waals surface area contributed by atoms with Crippen molar-refractivity contribution in [2.24, 2.45) is 0 Å². The third-order valence-corrected chi connectivity index (χ3v) is 15.4. The molecular formula is C55H49BN2. The van der Waals surface area contributed by atoms with Gasteiger partial charge in [0.1, 0.15) is 0 Å². The third-order valence-electron chi connectivity index (χ3n) is 15.4. The molecule has 0 saturated heterocycles. The number of rotatable bonds is 2. The van der Waals surface area contributed by atoms with Crippen LogP contribution in [0.25, 0.3) is 33.4 Å². The van der Waals surface area contributed by atoms with Crippen LogP contribution in [-0.4, -0.2) is 12.8 Å². The summed E-state index contributed by atoms with van der Waals surface area (Å²) in [4.78, 5) is 2.86. The van der Waals surface area contributed by atoms with Crippen molar-refractivity contribution in [1.82, 2.24) is 0 Å². The largest absolute Gasteiger partial charge is 0.354 e. The SMILES string of the molecule is CC(C)(C)c1cc2c3c(c1)C1(C)CCCCC1(C)N3c1cc(-c3ccccc3)cc(-c3cccc4c3Nc3ccccc3C43c4ccccc4-c4ccccc43)c1B2. The number of hydrogen-bond acceptors (Lipinski definition) is 2. The minimum Gasteiger partial charge on any atom is -0.354 e. The van der Waals surface area contributed by atoms with Crippen LogP contribution in [0.5, 0.6) is 0 Å². The molecule has 7 aromatic carbocycles. The zero-order valence-electron chi connectivity index (χ0n) is 34.3. The van der Waals surface area contributed by atoms with Crippen molar-refractivity contribution in [2.75, 3.05) is 10.2 Å². The zero-order chi connectivity index (χ0) is 39.2. The van der Waals surface area contributed by atoms with Crippen molar-refractivity contribution in [3.05, 3.63) is 179 Å². The van der Waals surface area contributed by atoms with E-state index in [4.69, 9.17) is 0 Å². The third kappa shape index (κ3) is 4.25. The lowest BCUT2D eigenvalue weighted by Gasteiger charge is -2.51. The molecule has 2 aliphatic carbocycles. The molecule has 1 saturated carbocycles. The van der Waals surface area contributed by atoms with E-state index in [0.717, 1.165) is 7.28 Å². The van der Waals surface area contributed by atoms with E-state index in [9.17, 15) is 0 Å². The lowest BCUT2D eigenvalue weighted by molar-refractivity contribution is 0.195. The molecule has 0 bridgehead atoms. The number of para-hydroxylation sites is 2. The van der Waals surface area contributed by atoms with Gasteiger partial charge in [0, 0.05) is 28.0 Å². The van der Waals surface area contributed by atoms with Crippen molar-refractivity contribution < 1.29 is 0 Å². The Morgan fingerprint density at radius 2 is 1.21 bits per heavy atom. The van der Waals surface area contributed by atoms with Crippen LogP contribution in [0.3, 0.4) is 0 Å². The molecule has 1 N–H and O–H groups in total. The quantitative estimate of drug-likeness (QED) is 0.177. The first-order valence-electron chi connectivity index (χ1n) is 21.5. The summed E-state index contributed by atoms with van der Waals surface area (Å²) < 4.78 is 0. The average Bonchev–Trinajstić information content (AvgIpc) is 3.65. The molecular weight excluding hydrogens is 699 g/mol. The maximum atomic E-state index is 4.12. The maximum absolute atomic E-state index is 4.12. The summed E-state index contributed by atoms with van der Waals surface area (Å²) in [6.07, 6.45) is 4.96. The fraction of sp³-hybridized carbons (Fsp3) is 0.236. The Hall–Kier alpha value is -5.80. The molecule has 7 aromatic rings. The van der Waals surface area contributed by atoms with Crippen molar-refractivity contribution in [3.63, 3.8) is 0 Å². The lowest BCUT2D eigenvalue weighted by Crippen LogP contribution is -2.57. The lowest BCUT2D eigenvalue weighted by atomic mass is 9.56. The van der Waals surface area contributed by atoms with E-state index in [1.165, 1.54) is 121 Å². The maximum Gasteiger partial charge on any atom is 0.198 e. The van der Waals surface area contributed by atoms with Gasteiger partial charge >= 0.3 is 0 Å². The normalized spacial score (nSPS) is 21.1. The summed E-state index contributed by atoms with van der Waals surface area (Å²) in [5.74, 6) is 0. The van der Waals surface area contributed by atoms with Crippen LogP contribution in [0.1, 0.15) is 93.7 Å². The Balaban J connectivity index is 1.18. The highest BCUT2D eigenvalue weighted by molar-refractivity contribution is 6.73. The summed E-state index contributed by atoms with van der Waals surface area (Å²) in [5.41, 5.74) is 24.0. The van der Waals surface area contributed by atoms with E-state index < -0.39 is 5.41 Å². The molecule has 0 aromatic heterocycles. The van der Waals surface area contributed by atoms with E-state index in [1.807, 2.05) is 0 Å². The molecule has 0 radical (unpaired) electrons. The minimum absolute atomic E-state index is 0.0325. The summed E-state index contributed by atoms with van der Waals surface area (Å²) in [6.45, 7) is 12.4. The fourth-order valence-electron chi connectivity index (χ4n) is 12.4. The van der Waals surface area contributed by atoms with E-state index in [0.29, 0.717) is 0 Å². The van der Waals surface area contributed by atoms with Crippen LogP contribution in [0.15, 0.2) is 146 Å². The number of nitrogens with zero attached hydrogens (tertiary/aromatic N) is 1. The predicted molar refractivity (Wildman–Crippen MR) is 246 cm³/mol. The highest BCUT2D eigenvalue weighted by Gasteiger charge is 2.60. The Morgan fingerprint density at radius 1 is 0.569 bits per heavy atom. The van der Waals surface area contributed by atoms with Crippen molar-refractivity contribution >= 4 is 41.0 Å². The highest BCUT2D eigenvalue weighted by Crippen LogP contribution is 2.64. The first-order valence-corrected chi connectivity index (χ1v) is 21.5. The fourth-order valence-corrected chi connectivity index (χ4v) is 12.4. The number of fused-ring (bicyclic) bond motifs is 14. The molecule has 2 atom stereocenters. The van der Waals surface area contributed by atoms with E-state index in [-0.39, 0.29) is 16.4 Å². The summed E-state index contributed by atoms with van der Waals surface area (Å²) >= 11 is 0. The van der Waals surface area contributed by atoms with Crippen molar-refractivity contribution in [3.8, 4) is 33.4 Å². The second-order valence-electron chi connectivity index (χ2n) is 19.2. The summed E-state index contributed by atoms with van der Waals surface area (Å²) in [6, 6.07) is 55.8. The van der Waals surface area contributed by atoms with Crippen LogP contribution in [-0.2, 0) is 16.2 Å². The molecule has 3 heteroatoms. The number of nitrogens with one attached hydrogen (secondary N) is 1. The molecule has 5 aliphatic rings. The van der Waals surface area contributed by atoms with Crippen LogP contribution < -0.4 is 21.1 Å². The molecule has 282 valence electrons. The van der Waals surface area contributed by atoms with Crippen LogP contribution in [0, 0.1) is 0 Å². The van der Waals surface area contributed by atoms with Gasteiger partial charge in [-0.1, -0.05) is 173 Å². The van der Waals surface area contributed by atoms with Gasteiger partial charge in [-0.2, -0.15) is 0 Å². The molecule has 3 aliphatic heterocycles. The predicted octanol–water partition coefficient (Wildman–Crippen LogP) is 12.2. The second kappa shape index (κ2) is 11.7. The van der Waals surface area contributed by atoms with Crippen LogP contribution in [0.2, 0.25) is 0 Å². The molecule has 12 rings (SSSR count). The van der Waals surface area contributed by atoms with Gasteiger partial charge in [0.25, 0.3) is 0 Å². The van der Waals surface area contributed by atoms with Gasteiger partial charge in [-0.05, 0) is 110 Å². The summed E-state index contributed by atoms with van der Waals surface area (Å²) in [7, 11) is 0.908. The van der Waals surface area contributed by atoms with Crippen LogP contribution >= 0.6 is 0 Å². The van der Waals surface area contributed by atoms with Crippen LogP contribution in [0.4, 0.5) is 22.7 Å². The van der Waals surface area contributed by atoms with E-state index in [2.05, 4.69) is 190 Å². The Morgan fingerprint density at radius 3 is 1.95 bits per heavy atom. The first kappa shape index (κ1) is 34.3. The number of anilines is 4. The van der Waals surface area contributed by atoms with Gasteiger partial charge < -0.3 is 10.2 Å². The van der Waals surface area contributed by atoms with E-state index in [1.54, 1.807) is 5.56 Å². The Labute approximate surface area is 344 Å². The molecule has 3 heterocycles. The number of hydrogen-bond donors (Lipinski definition) is 1. The van der Waals surface area contributed by atoms with E-state index >= 15 is 0 Å². The van der Waals surface area contributed by atoms with Gasteiger partial charge in [-0.15, -0.1) is 0 Å². The minimum atomic E-state index is -0.451. The average molecular weight is 749 g/mol. The second-order valence-corrected chi connectivity index (χ2v) is 19.2. The standard InChI is InChI=1S/C55H49BN2/c1-52(2,3)36-32-45-51-46(33-36)56-49-40(30-35(34-18-7-6-8-19-34)31-48(49)58(51)54(5)29-16-15-28-53(45,54)4)39-22-17-26-44-50(39)57-47-27-14-13-25-43(47)55(44)41-23-11-9-20-37(41)38-21-10-12-24-42(38)55/h6-14,17-27,30-33,56-57H,15-16,28-29H2,1-5H3. The molecule has 2 unspecified atom stereocenters. The van der Waals surface area contributed by atoms with Gasteiger partial charge in [0.2, 0.25) is 0 Å². The molecule has 0 amide bonds. The molecule has 1 fully saturated rings. The smallest absolute Gasteiger partial charge is 0.198 e. The molecule has 58 heavy (non-hydrogen) atoms. The van der Waals surface area contributed by atoms with Gasteiger partial charge in [0.15, 0.2) is 7.28 Å². The molecule has 2 nitrogen and oxygen atoms in total. The topological polar surface area (TPSA) is 15.3 Å².